The van der Waals surface area contributed by atoms with Crippen LogP contribution in [0.5, 0.6) is 5.88 Å². The van der Waals surface area contributed by atoms with E-state index in [0.29, 0.717) is 74.5 Å². The summed E-state index contributed by atoms with van der Waals surface area (Å²) in [7, 11) is 3.41. The fourth-order valence-electron chi connectivity index (χ4n) is 7.05. The molecule has 0 aromatic carbocycles. The van der Waals surface area contributed by atoms with Crippen molar-refractivity contribution >= 4 is 34.5 Å². The highest BCUT2D eigenvalue weighted by Gasteiger charge is 2.51. The summed E-state index contributed by atoms with van der Waals surface area (Å²) < 4.78 is 6.85. The van der Waals surface area contributed by atoms with Crippen molar-refractivity contribution in [3.8, 4) is 28.5 Å². The van der Waals surface area contributed by atoms with E-state index >= 15 is 0 Å². The lowest BCUT2D eigenvalue weighted by molar-refractivity contribution is -0.133. The van der Waals surface area contributed by atoms with Crippen LogP contribution in [0.15, 0.2) is 55.1 Å². The molecular formula is C33H36N12O3. The zero-order valence-corrected chi connectivity index (χ0v) is 26.9. The van der Waals surface area contributed by atoms with Crippen LogP contribution in [0, 0.1) is 5.41 Å². The molecule has 3 saturated heterocycles. The summed E-state index contributed by atoms with van der Waals surface area (Å²) in [6.45, 7) is 4.88. The normalized spacial score (nSPS) is 20.0. The molecule has 0 bridgehead atoms. The average Bonchev–Trinajstić information content (AvgIpc) is 3.92. The van der Waals surface area contributed by atoms with Crippen LogP contribution in [-0.4, -0.2) is 121 Å². The van der Waals surface area contributed by atoms with Crippen LogP contribution >= 0.6 is 0 Å². The third-order valence-corrected chi connectivity index (χ3v) is 9.76. The lowest BCUT2D eigenvalue weighted by Crippen LogP contribution is -2.51. The van der Waals surface area contributed by atoms with Gasteiger partial charge in [-0.25, -0.2) is 19.9 Å². The molecule has 8 rings (SSSR count). The molecule has 0 radical (unpaired) electrons. The van der Waals surface area contributed by atoms with Crippen LogP contribution < -0.4 is 14.5 Å². The van der Waals surface area contributed by atoms with Crippen molar-refractivity contribution in [3.63, 3.8) is 0 Å². The van der Waals surface area contributed by atoms with Crippen molar-refractivity contribution in [1.82, 2.24) is 49.7 Å². The van der Waals surface area contributed by atoms with Gasteiger partial charge in [-0.1, -0.05) is 0 Å². The summed E-state index contributed by atoms with van der Waals surface area (Å²) in [5.74, 6) is 2.83. The molecule has 0 unspecified atom stereocenters. The topological polar surface area (TPSA) is 154 Å². The smallest absolute Gasteiger partial charge is 0.236 e. The van der Waals surface area contributed by atoms with Gasteiger partial charge in [0.05, 0.1) is 24.6 Å². The maximum atomic E-state index is 13.9. The molecule has 1 atom stereocenters. The second-order valence-corrected chi connectivity index (χ2v) is 12.7. The Kier molecular flexibility index (Phi) is 7.47. The first-order chi connectivity index (χ1) is 23.4. The maximum absolute atomic E-state index is 13.9. The van der Waals surface area contributed by atoms with Gasteiger partial charge in [0.25, 0.3) is 0 Å². The number of rotatable bonds is 7. The molecular weight excluding hydrogens is 612 g/mol. The molecule has 8 heterocycles. The quantitative estimate of drug-likeness (QED) is 0.276. The second kappa shape index (κ2) is 12.0. The molecule has 1 spiro atoms. The number of fused-ring (bicyclic) bond motifs is 1. The minimum atomic E-state index is -0.503. The summed E-state index contributed by atoms with van der Waals surface area (Å²) in [4.78, 5) is 53.4. The lowest BCUT2D eigenvalue weighted by atomic mass is 9.85. The van der Waals surface area contributed by atoms with Gasteiger partial charge in [0.15, 0.2) is 5.82 Å². The van der Waals surface area contributed by atoms with Crippen LogP contribution in [0.1, 0.15) is 12.8 Å². The molecule has 3 aliphatic heterocycles. The summed E-state index contributed by atoms with van der Waals surface area (Å²) >= 11 is 0. The second-order valence-electron chi connectivity index (χ2n) is 12.7. The molecule has 0 aliphatic carbocycles. The summed E-state index contributed by atoms with van der Waals surface area (Å²) in [6, 6.07) is 11.4. The standard InChI is InChI=1S/C33H36N12O3/c1-41-21-36-31(40-41)23-3-6-25(34-18-23)43-13-15-44(16-14-43)28(46)19-42-11-9-33(20-42)10-12-45(32(33)47)26-7-5-24-30(37-26)29(39-38-24)22-4-8-27(48-2)35-17-22/h3-8,17-18,21H,9-16,19-20H2,1-2H3,(H,38,39)/t33-/m0/s1. The molecule has 1 N–H and O–H groups in total. The number of nitrogens with one attached hydrogen (secondary N) is 1. The van der Waals surface area contributed by atoms with Crippen LogP contribution in [0.2, 0.25) is 0 Å². The van der Waals surface area contributed by atoms with E-state index in [-0.39, 0.29) is 11.8 Å². The van der Waals surface area contributed by atoms with Gasteiger partial charge in [0.2, 0.25) is 17.7 Å². The number of aromatic amines is 1. The summed E-state index contributed by atoms with van der Waals surface area (Å²) in [5.41, 5.74) is 3.30. The minimum absolute atomic E-state index is 0.0754. The Bertz CT molecular complexity index is 1970. The Morgan fingerprint density at radius 2 is 1.71 bits per heavy atom. The number of ether oxygens (including phenoxy) is 1. The zero-order chi connectivity index (χ0) is 32.8. The highest BCUT2D eigenvalue weighted by atomic mass is 16.5. The van der Waals surface area contributed by atoms with E-state index in [1.54, 1.807) is 41.5 Å². The molecule has 5 aromatic heterocycles. The lowest BCUT2D eigenvalue weighted by Gasteiger charge is -2.36. The first-order valence-corrected chi connectivity index (χ1v) is 16.1. The van der Waals surface area contributed by atoms with Crippen molar-refractivity contribution in [1.29, 1.82) is 0 Å². The van der Waals surface area contributed by atoms with E-state index in [0.717, 1.165) is 41.8 Å². The molecule has 0 saturated carbocycles. The molecule has 15 nitrogen and oxygen atoms in total. The molecule has 5 aromatic rings. The predicted molar refractivity (Wildman–Crippen MR) is 177 cm³/mol. The fourth-order valence-corrected chi connectivity index (χ4v) is 7.05. The van der Waals surface area contributed by atoms with Crippen molar-refractivity contribution in [2.75, 3.05) is 69.3 Å². The number of anilines is 2. The molecule has 2 amide bonds. The number of methoxy groups -OCH3 is 1. The summed E-state index contributed by atoms with van der Waals surface area (Å²) in [6.07, 6.45) is 6.62. The van der Waals surface area contributed by atoms with Gasteiger partial charge >= 0.3 is 0 Å². The minimum Gasteiger partial charge on any atom is -0.481 e. The molecule has 3 fully saturated rings. The fraction of sp³-hybridized carbons (Fsp3) is 0.394. The molecule has 246 valence electrons. The largest absolute Gasteiger partial charge is 0.481 e. The molecule has 48 heavy (non-hydrogen) atoms. The number of nitrogens with zero attached hydrogens (tertiary/aromatic N) is 11. The van der Waals surface area contributed by atoms with Crippen molar-refractivity contribution in [2.45, 2.75) is 12.8 Å². The Morgan fingerprint density at radius 3 is 2.44 bits per heavy atom. The van der Waals surface area contributed by atoms with Crippen LogP contribution in [0.4, 0.5) is 11.6 Å². The van der Waals surface area contributed by atoms with E-state index in [1.807, 2.05) is 42.3 Å². The van der Waals surface area contributed by atoms with Gasteiger partial charge in [-0.05, 0) is 49.7 Å². The van der Waals surface area contributed by atoms with Gasteiger partial charge in [-0.2, -0.15) is 10.2 Å². The van der Waals surface area contributed by atoms with Gasteiger partial charge in [0, 0.05) is 75.9 Å². The van der Waals surface area contributed by atoms with Gasteiger partial charge in [0.1, 0.15) is 29.2 Å². The SMILES string of the molecule is COc1ccc(-c2n[nH]c3ccc(N4CC[C@]5(CCN(CC(=O)N6CCN(c7ccc(-c8ncn(C)n8)cn7)CC6)C5)C4=O)nc23)cn1. The third kappa shape index (κ3) is 5.39. The number of pyridine rings is 3. The van der Waals surface area contributed by atoms with Gasteiger partial charge in [-0.3, -0.25) is 29.2 Å². The van der Waals surface area contributed by atoms with Crippen LogP contribution in [0.25, 0.3) is 33.7 Å². The predicted octanol–water partition coefficient (Wildman–Crippen LogP) is 2.00. The number of carbonyl (C=O) groups is 2. The monoisotopic (exact) mass is 648 g/mol. The van der Waals surface area contributed by atoms with Crippen LogP contribution in [0.3, 0.4) is 0 Å². The molecule has 15 heteroatoms. The van der Waals surface area contributed by atoms with Crippen LogP contribution in [-0.2, 0) is 16.6 Å². The number of hydrogen-bond donors (Lipinski definition) is 1. The highest BCUT2D eigenvalue weighted by molar-refractivity contribution is 6.01. The number of aryl methyl sites for hydroxylation is 1. The van der Waals surface area contributed by atoms with E-state index in [1.165, 1.54) is 0 Å². The number of carbonyl (C=O) groups excluding carboxylic acids is 2. The number of likely N-dealkylation sites (tertiary alicyclic amines) is 1. The van der Waals surface area contributed by atoms with Crippen molar-refractivity contribution in [3.05, 3.63) is 55.1 Å². The van der Waals surface area contributed by atoms with E-state index in [2.05, 4.69) is 40.0 Å². The van der Waals surface area contributed by atoms with Crippen molar-refractivity contribution in [2.24, 2.45) is 12.5 Å². The average molecular weight is 649 g/mol. The molecule has 3 aliphatic rings. The van der Waals surface area contributed by atoms with Gasteiger partial charge < -0.3 is 14.5 Å². The Morgan fingerprint density at radius 1 is 0.917 bits per heavy atom. The Labute approximate surface area is 276 Å². The zero-order valence-electron chi connectivity index (χ0n) is 26.9. The first kappa shape index (κ1) is 29.9. The van der Waals surface area contributed by atoms with E-state index in [4.69, 9.17) is 9.72 Å². The summed E-state index contributed by atoms with van der Waals surface area (Å²) in [5, 5.41) is 11.8. The van der Waals surface area contributed by atoms with Gasteiger partial charge in [-0.15, -0.1) is 0 Å². The number of hydrogen-bond acceptors (Lipinski definition) is 11. The third-order valence-electron chi connectivity index (χ3n) is 9.76. The number of amides is 2. The Hall–Kier alpha value is -5.44. The highest BCUT2D eigenvalue weighted by Crippen LogP contribution is 2.42. The number of piperazine rings is 1. The van der Waals surface area contributed by atoms with E-state index in [9.17, 15) is 9.59 Å². The number of aromatic nitrogens is 8. The maximum Gasteiger partial charge on any atom is 0.236 e. The Balaban J connectivity index is 0.874. The number of H-pyrrole nitrogens is 1. The first-order valence-electron chi connectivity index (χ1n) is 16.1. The van der Waals surface area contributed by atoms with Crippen molar-refractivity contribution < 1.29 is 14.3 Å². The van der Waals surface area contributed by atoms with E-state index < -0.39 is 5.41 Å².